The number of aromatic nitrogens is 1. The zero-order valence-electron chi connectivity index (χ0n) is 12.5. The molecule has 1 aromatic heterocycles. The maximum atomic E-state index is 11.9. The summed E-state index contributed by atoms with van der Waals surface area (Å²) < 4.78 is 9.84. The average Bonchev–Trinajstić information content (AvgIpc) is 2.36. The maximum absolute atomic E-state index is 11.9. The van der Waals surface area contributed by atoms with Gasteiger partial charge in [-0.05, 0) is 32.9 Å². The fourth-order valence-electron chi connectivity index (χ4n) is 1.40. The molecule has 0 aliphatic rings. The van der Waals surface area contributed by atoms with Crippen molar-refractivity contribution >= 4 is 17.9 Å². The van der Waals surface area contributed by atoms with Crippen molar-refractivity contribution in [3.05, 3.63) is 23.9 Å². The van der Waals surface area contributed by atoms with Gasteiger partial charge in [0.15, 0.2) is 0 Å². The summed E-state index contributed by atoms with van der Waals surface area (Å²) in [6.45, 7) is 5.37. The molecule has 1 amide bonds. The van der Waals surface area contributed by atoms with Crippen LogP contribution < -0.4 is 4.90 Å². The Morgan fingerprint density at radius 1 is 1.30 bits per heavy atom. The van der Waals surface area contributed by atoms with Gasteiger partial charge in [-0.25, -0.2) is 9.78 Å². The minimum Gasteiger partial charge on any atom is -0.469 e. The first kappa shape index (κ1) is 15.9. The van der Waals surface area contributed by atoms with Gasteiger partial charge in [0, 0.05) is 7.05 Å². The first-order valence-corrected chi connectivity index (χ1v) is 6.22. The van der Waals surface area contributed by atoms with Gasteiger partial charge < -0.3 is 9.47 Å². The monoisotopic (exact) mass is 280 g/mol. The smallest absolute Gasteiger partial charge is 0.415 e. The van der Waals surface area contributed by atoms with E-state index in [-0.39, 0.29) is 12.4 Å². The Morgan fingerprint density at radius 3 is 2.50 bits per heavy atom. The number of amides is 1. The zero-order chi connectivity index (χ0) is 15.3. The normalized spacial score (nSPS) is 10.8. The van der Waals surface area contributed by atoms with Crippen molar-refractivity contribution in [2.75, 3.05) is 19.1 Å². The van der Waals surface area contributed by atoms with E-state index in [0.717, 1.165) is 0 Å². The van der Waals surface area contributed by atoms with Crippen LogP contribution in [0, 0.1) is 0 Å². The summed E-state index contributed by atoms with van der Waals surface area (Å²) in [4.78, 5) is 28.7. The number of carbonyl (C=O) groups is 2. The first-order valence-electron chi connectivity index (χ1n) is 6.22. The number of ether oxygens (including phenoxy) is 2. The van der Waals surface area contributed by atoms with Crippen molar-refractivity contribution in [3.63, 3.8) is 0 Å². The Balaban J connectivity index is 2.83. The fraction of sp³-hybridized carbons (Fsp3) is 0.500. The molecule has 110 valence electrons. The SMILES string of the molecule is COC(=O)Cc1cccc(N(C)C(=O)OC(C)(C)C)n1. The van der Waals surface area contributed by atoms with E-state index in [4.69, 9.17) is 4.74 Å². The Labute approximate surface area is 118 Å². The van der Waals surface area contributed by atoms with Gasteiger partial charge in [-0.2, -0.15) is 0 Å². The molecule has 1 aromatic rings. The first-order chi connectivity index (χ1) is 9.23. The number of anilines is 1. The van der Waals surface area contributed by atoms with Crippen molar-refractivity contribution in [3.8, 4) is 0 Å². The molecule has 0 aliphatic carbocycles. The van der Waals surface area contributed by atoms with Gasteiger partial charge in [0.05, 0.1) is 19.2 Å². The number of esters is 1. The lowest BCUT2D eigenvalue weighted by Gasteiger charge is -2.24. The molecule has 0 aromatic carbocycles. The van der Waals surface area contributed by atoms with E-state index in [0.29, 0.717) is 11.5 Å². The highest BCUT2D eigenvalue weighted by molar-refractivity contribution is 5.86. The predicted molar refractivity (Wildman–Crippen MR) is 74.6 cm³/mol. The molecule has 0 aliphatic heterocycles. The molecule has 6 nitrogen and oxygen atoms in total. The summed E-state index contributed by atoms with van der Waals surface area (Å²) in [5, 5.41) is 0. The summed E-state index contributed by atoms with van der Waals surface area (Å²) in [5.41, 5.74) is -0.0423. The molecule has 0 unspecified atom stereocenters. The third-order valence-electron chi connectivity index (χ3n) is 2.36. The van der Waals surface area contributed by atoms with Crippen LogP contribution in [0.3, 0.4) is 0 Å². The van der Waals surface area contributed by atoms with Crippen LogP contribution in [0.4, 0.5) is 10.6 Å². The highest BCUT2D eigenvalue weighted by Gasteiger charge is 2.21. The number of nitrogens with zero attached hydrogens (tertiary/aromatic N) is 2. The summed E-state index contributed by atoms with van der Waals surface area (Å²) >= 11 is 0. The van der Waals surface area contributed by atoms with Crippen LogP contribution in [-0.2, 0) is 20.7 Å². The van der Waals surface area contributed by atoms with Crippen LogP contribution >= 0.6 is 0 Å². The lowest BCUT2D eigenvalue weighted by molar-refractivity contribution is -0.139. The van der Waals surface area contributed by atoms with Gasteiger partial charge in [0.25, 0.3) is 0 Å². The number of methoxy groups -OCH3 is 1. The Morgan fingerprint density at radius 2 is 1.95 bits per heavy atom. The standard InChI is InChI=1S/C14H20N2O4/c1-14(2,3)20-13(18)16(4)11-8-6-7-10(15-11)9-12(17)19-5/h6-8H,9H2,1-5H3. The molecule has 6 heteroatoms. The zero-order valence-corrected chi connectivity index (χ0v) is 12.5. The molecule has 1 heterocycles. The summed E-state index contributed by atoms with van der Waals surface area (Å²) in [5.74, 6) is 0.0372. The average molecular weight is 280 g/mol. The number of hydrogen-bond donors (Lipinski definition) is 0. The molecule has 0 radical (unpaired) electrons. The number of rotatable bonds is 3. The largest absolute Gasteiger partial charge is 0.469 e. The van der Waals surface area contributed by atoms with Gasteiger partial charge in [0.1, 0.15) is 11.4 Å². The van der Waals surface area contributed by atoms with E-state index in [1.807, 2.05) is 0 Å². The van der Waals surface area contributed by atoms with Gasteiger partial charge in [-0.15, -0.1) is 0 Å². The maximum Gasteiger partial charge on any atom is 0.415 e. The minimum atomic E-state index is -0.574. The van der Waals surface area contributed by atoms with Gasteiger partial charge in [0.2, 0.25) is 0 Å². The number of pyridine rings is 1. The molecule has 0 fully saturated rings. The van der Waals surface area contributed by atoms with E-state index in [2.05, 4.69) is 9.72 Å². The van der Waals surface area contributed by atoms with E-state index < -0.39 is 11.7 Å². The van der Waals surface area contributed by atoms with Crippen molar-refractivity contribution < 1.29 is 19.1 Å². The van der Waals surface area contributed by atoms with Gasteiger partial charge >= 0.3 is 12.1 Å². The van der Waals surface area contributed by atoms with Crippen molar-refractivity contribution in [2.24, 2.45) is 0 Å². The predicted octanol–water partition coefficient (Wildman–Crippen LogP) is 2.17. The molecule has 0 bridgehead atoms. The summed E-state index contributed by atoms with van der Waals surface area (Å²) in [6.07, 6.45) is -0.438. The second kappa shape index (κ2) is 6.36. The molecule has 0 saturated carbocycles. The molecular weight excluding hydrogens is 260 g/mol. The van der Waals surface area contributed by atoms with E-state index >= 15 is 0 Å². The van der Waals surface area contributed by atoms with Crippen LogP contribution in [0.2, 0.25) is 0 Å². The molecule has 0 saturated heterocycles. The van der Waals surface area contributed by atoms with Crippen LogP contribution in [0.15, 0.2) is 18.2 Å². The van der Waals surface area contributed by atoms with Crippen molar-refractivity contribution in [1.82, 2.24) is 4.98 Å². The molecule has 20 heavy (non-hydrogen) atoms. The van der Waals surface area contributed by atoms with Crippen molar-refractivity contribution in [2.45, 2.75) is 32.8 Å². The van der Waals surface area contributed by atoms with Crippen LogP contribution in [0.25, 0.3) is 0 Å². The molecule has 0 atom stereocenters. The highest BCUT2D eigenvalue weighted by Crippen LogP contribution is 2.15. The van der Waals surface area contributed by atoms with Gasteiger partial charge in [-0.3, -0.25) is 9.69 Å². The molecule has 0 spiro atoms. The number of hydrogen-bond acceptors (Lipinski definition) is 5. The Hall–Kier alpha value is -2.11. The topological polar surface area (TPSA) is 68.7 Å². The van der Waals surface area contributed by atoms with Crippen LogP contribution in [-0.4, -0.2) is 36.8 Å². The summed E-state index contributed by atoms with van der Waals surface area (Å²) in [6, 6.07) is 5.09. The second-order valence-corrected chi connectivity index (χ2v) is 5.28. The third kappa shape index (κ3) is 4.87. The fourth-order valence-corrected chi connectivity index (χ4v) is 1.40. The van der Waals surface area contributed by atoms with E-state index in [1.165, 1.54) is 12.0 Å². The molecule has 1 rings (SSSR count). The van der Waals surface area contributed by atoms with Gasteiger partial charge in [-0.1, -0.05) is 6.07 Å². The number of carbonyl (C=O) groups excluding carboxylic acids is 2. The lowest BCUT2D eigenvalue weighted by atomic mass is 10.2. The van der Waals surface area contributed by atoms with Crippen LogP contribution in [0.1, 0.15) is 26.5 Å². The quantitative estimate of drug-likeness (QED) is 0.794. The summed E-state index contributed by atoms with van der Waals surface area (Å²) in [7, 11) is 2.89. The van der Waals surface area contributed by atoms with E-state index in [1.54, 1.807) is 46.0 Å². The van der Waals surface area contributed by atoms with E-state index in [9.17, 15) is 9.59 Å². The molecule has 0 N–H and O–H groups in total. The minimum absolute atomic E-state index is 0.0620. The second-order valence-electron chi connectivity index (χ2n) is 5.28. The Bertz CT molecular complexity index is 494. The highest BCUT2D eigenvalue weighted by atomic mass is 16.6. The Kier molecular flexibility index (Phi) is 5.07. The lowest BCUT2D eigenvalue weighted by Crippen LogP contribution is -2.34. The third-order valence-corrected chi connectivity index (χ3v) is 2.36. The van der Waals surface area contributed by atoms with Crippen molar-refractivity contribution in [1.29, 1.82) is 0 Å². The van der Waals surface area contributed by atoms with Crippen LogP contribution in [0.5, 0.6) is 0 Å². The molecular formula is C14H20N2O4.